The van der Waals surface area contributed by atoms with Crippen molar-refractivity contribution in [2.45, 2.75) is 18.2 Å². The van der Waals surface area contributed by atoms with Gasteiger partial charge in [0.1, 0.15) is 5.38 Å². The number of halogens is 1. The largest absolute Gasteiger partial charge is 0.468 e. The van der Waals surface area contributed by atoms with E-state index in [1.807, 2.05) is 0 Å². The molecule has 0 aromatic carbocycles. The molecular formula is C6H9ClO2. The molecule has 0 aromatic rings. The molecule has 1 aliphatic rings. The third-order valence-electron chi connectivity index (χ3n) is 1.46. The Morgan fingerprint density at radius 3 is 2.67 bits per heavy atom. The Balaban J connectivity index is 2.30. The fourth-order valence-corrected chi connectivity index (χ4v) is 1.03. The summed E-state index contributed by atoms with van der Waals surface area (Å²) in [4.78, 5) is 10.6. The van der Waals surface area contributed by atoms with Crippen LogP contribution in [0.25, 0.3) is 0 Å². The molecule has 1 aliphatic carbocycles. The molecule has 0 heterocycles. The zero-order valence-electron chi connectivity index (χ0n) is 5.26. The molecular weight excluding hydrogens is 140 g/mol. The van der Waals surface area contributed by atoms with Gasteiger partial charge in [0.25, 0.3) is 0 Å². The Morgan fingerprint density at radius 2 is 2.33 bits per heavy atom. The summed E-state index contributed by atoms with van der Waals surface area (Å²) in [5, 5.41) is -0.394. The summed E-state index contributed by atoms with van der Waals surface area (Å²) in [6.07, 6.45) is 2.15. The van der Waals surface area contributed by atoms with Gasteiger partial charge in [-0.05, 0) is 18.8 Å². The molecule has 0 bridgehead atoms. The lowest BCUT2D eigenvalue weighted by atomic mass is 10.3. The van der Waals surface area contributed by atoms with Crippen molar-refractivity contribution in [1.82, 2.24) is 0 Å². The molecule has 2 nitrogen and oxygen atoms in total. The van der Waals surface area contributed by atoms with Crippen LogP contribution in [-0.2, 0) is 9.53 Å². The van der Waals surface area contributed by atoms with Crippen molar-refractivity contribution in [3.05, 3.63) is 0 Å². The first-order valence-corrected chi connectivity index (χ1v) is 3.41. The van der Waals surface area contributed by atoms with E-state index >= 15 is 0 Å². The summed E-state index contributed by atoms with van der Waals surface area (Å²) in [6, 6.07) is 0. The van der Waals surface area contributed by atoms with Crippen molar-refractivity contribution in [3.8, 4) is 0 Å². The summed E-state index contributed by atoms with van der Waals surface area (Å²) >= 11 is 5.65. The van der Waals surface area contributed by atoms with Crippen LogP contribution in [0.3, 0.4) is 0 Å². The van der Waals surface area contributed by atoms with Crippen molar-refractivity contribution < 1.29 is 9.53 Å². The van der Waals surface area contributed by atoms with Gasteiger partial charge in [-0.15, -0.1) is 11.6 Å². The van der Waals surface area contributed by atoms with Gasteiger partial charge in [0.05, 0.1) is 7.11 Å². The maximum atomic E-state index is 10.6. The number of ether oxygens (including phenoxy) is 1. The zero-order valence-corrected chi connectivity index (χ0v) is 6.02. The second-order valence-electron chi connectivity index (χ2n) is 2.26. The smallest absolute Gasteiger partial charge is 0.324 e. The Labute approximate surface area is 59.1 Å². The van der Waals surface area contributed by atoms with Crippen molar-refractivity contribution >= 4 is 17.6 Å². The molecule has 52 valence electrons. The lowest BCUT2D eigenvalue weighted by Gasteiger charge is -2.02. The predicted molar refractivity (Wildman–Crippen MR) is 34.4 cm³/mol. The van der Waals surface area contributed by atoms with Gasteiger partial charge in [-0.2, -0.15) is 0 Å². The van der Waals surface area contributed by atoms with Gasteiger partial charge in [-0.25, -0.2) is 0 Å². The van der Waals surface area contributed by atoms with Crippen LogP contribution in [-0.4, -0.2) is 18.5 Å². The van der Waals surface area contributed by atoms with E-state index in [-0.39, 0.29) is 5.97 Å². The molecule has 1 saturated carbocycles. The quantitative estimate of drug-likeness (QED) is 0.434. The average molecular weight is 149 g/mol. The molecule has 0 spiro atoms. The van der Waals surface area contributed by atoms with Gasteiger partial charge in [-0.1, -0.05) is 0 Å². The molecule has 1 rings (SSSR count). The van der Waals surface area contributed by atoms with Crippen molar-refractivity contribution in [1.29, 1.82) is 0 Å². The van der Waals surface area contributed by atoms with E-state index in [9.17, 15) is 4.79 Å². The standard InChI is InChI=1S/C6H9ClO2/c1-9-6(8)5(7)4-2-3-4/h4-5H,2-3H2,1H3. The highest BCUT2D eigenvalue weighted by Gasteiger charge is 2.35. The van der Waals surface area contributed by atoms with Gasteiger partial charge in [-0.3, -0.25) is 4.79 Å². The lowest BCUT2D eigenvalue weighted by Crippen LogP contribution is -2.17. The molecule has 1 fully saturated rings. The van der Waals surface area contributed by atoms with Crippen LogP contribution < -0.4 is 0 Å². The molecule has 0 N–H and O–H groups in total. The molecule has 0 saturated heterocycles. The Bertz CT molecular complexity index is 120. The number of rotatable bonds is 2. The highest BCUT2D eigenvalue weighted by Crippen LogP contribution is 2.35. The highest BCUT2D eigenvalue weighted by atomic mass is 35.5. The van der Waals surface area contributed by atoms with Crippen molar-refractivity contribution in [2.24, 2.45) is 5.92 Å². The second kappa shape index (κ2) is 2.56. The highest BCUT2D eigenvalue weighted by molar-refractivity contribution is 6.30. The fourth-order valence-electron chi connectivity index (χ4n) is 0.694. The summed E-state index contributed by atoms with van der Waals surface area (Å²) in [5.74, 6) is 0.0956. The monoisotopic (exact) mass is 148 g/mol. The van der Waals surface area contributed by atoms with Crippen molar-refractivity contribution in [2.75, 3.05) is 7.11 Å². The lowest BCUT2D eigenvalue weighted by molar-refractivity contribution is -0.140. The van der Waals surface area contributed by atoms with E-state index in [2.05, 4.69) is 4.74 Å². The van der Waals surface area contributed by atoms with Gasteiger partial charge in [0.2, 0.25) is 0 Å². The first kappa shape index (κ1) is 6.87. The average Bonchev–Trinajstić information content (AvgIpc) is 2.66. The number of hydrogen-bond acceptors (Lipinski definition) is 2. The van der Waals surface area contributed by atoms with Crippen LogP contribution in [0.2, 0.25) is 0 Å². The van der Waals surface area contributed by atoms with E-state index in [0.29, 0.717) is 5.92 Å². The minimum atomic E-state index is -0.394. The van der Waals surface area contributed by atoms with Gasteiger partial charge >= 0.3 is 5.97 Å². The topological polar surface area (TPSA) is 26.3 Å². The number of hydrogen-bond donors (Lipinski definition) is 0. The maximum Gasteiger partial charge on any atom is 0.324 e. The van der Waals surface area contributed by atoms with E-state index < -0.39 is 5.38 Å². The molecule has 3 heteroatoms. The van der Waals surface area contributed by atoms with Gasteiger partial charge in [0.15, 0.2) is 0 Å². The predicted octanol–water partition coefficient (Wildman–Crippen LogP) is 1.18. The minimum Gasteiger partial charge on any atom is -0.468 e. The van der Waals surface area contributed by atoms with Crippen LogP contribution in [0.15, 0.2) is 0 Å². The van der Waals surface area contributed by atoms with E-state index in [1.54, 1.807) is 0 Å². The second-order valence-corrected chi connectivity index (χ2v) is 2.73. The minimum absolute atomic E-state index is 0.292. The number of alkyl halides is 1. The molecule has 9 heavy (non-hydrogen) atoms. The Hall–Kier alpha value is -0.240. The summed E-state index contributed by atoms with van der Waals surface area (Å²) in [5.41, 5.74) is 0. The number of methoxy groups -OCH3 is 1. The molecule has 0 radical (unpaired) electrons. The summed E-state index contributed by atoms with van der Waals surface area (Å²) < 4.78 is 4.44. The van der Waals surface area contributed by atoms with E-state index in [0.717, 1.165) is 12.8 Å². The van der Waals surface area contributed by atoms with Crippen molar-refractivity contribution in [3.63, 3.8) is 0 Å². The normalized spacial score (nSPS) is 21.1. The zero-order chi connectivity index (χ0) is 6.85. The van der Waals surface area contributed by atoms with Crippen LogP contribution in [0.4, 0.5) is 0 Å². The first-order valence-electron chi connectivity index (χ1n) is 2.97. The van der Waals surface area contributed by atoms with Crippen LogP contribution in [0.5, 0.6) is 0 Å². The summed E-state index contributed by atoms with van der Waals surface area (Å²) in [7, 11) is 1.36. The molecule has 0 aromatic heterocycles. The van der Waals surface area contributed by atoms with Gasteiger partial charge in [0, 0.05) is 0 Å². The molecule has 1 unspecified atom stereocenters. The van der Waals surface area contributed by atoms with E-state index in [4.69, 9.17) is 11.6 Å². The Kier molecular flexibility index (Phi) is 1.96. The van der Waals surface area contributed by atoms with Crippen LogP contribution in [0, 0.1) is 5.92 Å². The summed E-state index contributed by atoms with van der Waals surface area (Å²) in [6.45, 7) is 0. The third kappa shape index (κ3) is 1.58. The number of esters is 1. The van der Waals surface area contributed by atoms with Crippen LogP contribution >= 0.6 is 11.6 Å². The third-order valence-corrected chi connectivity index (χ3v) is 2.00. The molecule has 1 atom stereocenters. The molecule has 0 aliphatic heterocycles. The fraction of sp³-hybridized carbons (Fsp3) is 0.833. The van der Waals surface area contributed by atoms with Gasteiger partial charge < -0.3 is 4.74 Å². The Morgan fingerprint density at radius 1 is 1.78 bits per heavy atom. The number of carbonyl (C=O) groups is 1. The first-order chi connectivity index (χ1) is 4.25. The SMILES string of the molecule is COC(=O)C(Cl)C1CC1. The van der Waals surface area contributed by atoms with Crippen LogP contribution in [0.1, 0.15) is 12.8 Å². The number of carbonyl (C=O) groups excluding carboxylic acids is 1. The molecule has 0 amide bonds. The van der Waals surface area contributed by atoms with E-state index in [1.165, 1.54) is 7.11 Å². The maximum absolute atomic E-state index is 10.6.